The molecule has 4 nitrogen and oxygen atoms in total. The van der Waals surface area contributed by atoms with Crippen LogP contribution in [-0.4, -0.2) is 13.4 Å². The summed E-state index contributed by atoms with van der Waals surface area (Å²) in [5.74, 6) is 0.196. The fourth-order valence-corrected chi connectivity index (χ4v) is 3.25. The maximum atomic E-state index is 12.1. The summed E-state index contributed by atoms with van der Waals surface area (Å²) in [6.07, 6.45) is 2.90. The topological polar surface area (TPSA) is 56.3 Å². The molecule has 2 aromatic rings. The molecule has 0 saturated carbocycles. The van der Waals surface area contributed by atoms with Crippen molar-refractivity contribution in [2.75, 3.05) is 0 Å². The first-order valence-electron chi connectivity index (χ1n) is 5.12. The zero-order valence-electron chi connectivity index (χ0n) is 9.28. The van der Waals surface area contributed by atoms with Gasteiger partial charge >= 0.3 is 10.1 Å². The summed E-state index contributed by atoms with van der Waals surface area (Å²) in [6, 6.07) is 9.84. The van der Waals surface area contributed by atoms with Gasteiger partial charge in [-0.2, -0.15) is 8.42 Å². The predicted octanol–water partition coefficient (Wildman–Crippen LogP) is 2.74. The molecule has 0 aliphatic carbocycles. The highest BCUT2D eigenvalue weighted by molar-refractivity contribution is 9.08. The molecule has 0 amide bonds. The highest BCUT2D eigenvalue weighted by Gasteiger charge is 2.19. The van der Waals surface area contributed by atoms with Crippen molar-refractivity contribution in [1.82, 2.24) is 4.98 Å². The molecule has 2 rings (SSSR count). The molecular weight excluding hydrogens is 318 g/mol. The lowest BCUT2D eigenvalue weighted by Crippen LogP contribution is -2.11. The first-order valence-corrected chi connectivity index (χ1v) is 7.65. The van der Waals surface area contributed by atoms with Crippen LogP contribution in [0.15, 0.2) is 53.7 Å². The van der Waals surface area contributed by atoms with Crippen molar-refractivity contribution in [2.24, 2.45) is 0 Å². The van der Waals surface area contributed by atoms with Gasteiger partial charge in [0.2, 0.25) is 0 Å². The standard InChI is InChI=1S/C12H10BrNO3S/c13-8-10-4-1-2-6-12(10)18(15,16)17-11-5-3-7-14-9-11/h1-7,9H,8H2. The Morgan fingerprint density at radius 2 is 1.94 bits per heavy atom. The van der Waals surface area contributed by atoms with E-state index in [0.717, 1.165) is 0 Å². The smallest absolute Gasteiger partial charge is 0.339 e. The summed E-state index contributed by atoms with van der Waals surface area (Å²) in [6.45, 7) is 0. The normalized spacial score (nSPS) is 11.2. The molecule has 0 saturated heterocycles. The fourth-order valence-electron chi connectivity index (χ4n) is 1.43. The quantitative estimate of drug-likeness (QED) is 0.640. The second kappa shape index (κ2) is 5.49. The van der Waals surface area contributed by atoms with E-state index >= 15 is 0 Å². The fraction of sp³-hybridized carbons (Fsp3) is 0.0833. The average molecular weight is 328 g/mol. The largest absolute Gasteiger partial charge is 0.377 e. The number of hydrogen-bond acceptors (Lipinski definition) is 4. The third kappa shape index (κ3) is 2.88. The lowest BCUT2D eigenvalue weighted by Gasteiger charge is -2.09. The van der Waals surface area contributed by atoms with Crippen molar-refractivity contribution in [3.63, 3.8) is 0 Å². The Morgan fingerprint density at radius 3 is 2.61 bits per heavy atom. The molecule has 0 spiro atoms. The SMILES string of the molecule is O=S(=O)(Oc1cccnc1)c1ccccc1CBr. The number of hydrogen-bond donors (Lipinski definition) is 0. The molecule has 0 aliphatic heterocycles. The zero-order chi connectivity index (χ0) is 13.0. The summed E-state index contributed by atoms with van der Waals surface area (Å²) in [7, 11) is -3.83. The Balaban J connectivity index is 2.37. The van der Waals surface area contributed by atoms with Crippen molar-refractivity contribution in [3.8, 4) is 5.75 Å². The van der Waals surface area contributed by atoms with E-state index < -0.39 is 10.1 Å². The minimum atomic E-state index is -3.83. The molecule has 1 aromatic carbocycles. The number of nitrogens with zero attached hydrogens (tertiary/aromatic N) is 1. The molecule has 0 radical (unpaired) electrons. The minimum Gasteiger partial charge on any atom is -0.377 e. The van der Waals surface area contributed by atoms with E-state index in [1.54, 1.807) is 36.5 Å². The Kier molecular flexibility index (Phi) is 3.98. The maximum absolute atomic E-state index is 12.1. The summed E-state index contributed by atoms with van der Waals surface area (Å²) in [4.78, 5) is 3.96. The second-order valence-electron chi connectivity index (χ2n) is 3.47. The monoisotopic (exact) mass is 327 g/mol. The van der Waals surface area contributed by atoms with Crippen molar-refractivity contribution in [3.05, 3.63) is 54.4 Å². The van der Waals surface area contributed by atoms with Crippen LogP contribution in [0.1, 0.15) is 5.56 Å². The number of aromatic nitrogens is 1. The zero-order valence-corrected chi connectivity index (χ0v) is 11.7. The van der Waals surface area contributed by atoms with E-state index in [0.29, 0.717) is 10.9 Å². The lowest BCUT2D eigenvalue weighted by molar-refractivity contribution is 0.484. The Morgan fingerprint density at radius 1 is 1.17 bits per heavy atom. The number of rotatable bonds is 4. The Bertz CT molecular complexity index is 629. The Labute approximate surface area is 114 Å². The molecular formula is C12H10BrNO3S. The van der Waals surface area contributed by atoms with E-state index in [1.165, 1.54) is 12.3 Å². The van der Waals surface area contributed by atoms with E-state index in [2.05, 4.69) is 20.9 Å². The van der Waals surface area contributed by atoms with Crippen LogP contribution < -0.4 is 4.18 Å². The van der Waals surface area contributed by atoms with E-state index in [-0.39, 0.29) is 10.6 Å². The molecule has 0 atom stereocenters. The van der Waals surface area contributed by atoms with Gasteiger partial charge < -0.3 is 4.18 Å². The first kappa shape index (κ1) is 13.0. The van der Waals surface area contributed by atoms with Gasteiger partial charge in [0.25, 0.3) is 0 Å². The van der Waals surface area contributed by atoms with Crippen LogP contribution in [0.5, 0.6) is 5.75 Å². The lowest BCUT2D eigenvalue weighted by atomic mass is 10.2. The third-order valence-corrected chi connectivity index (χ3v) is 4.18. The van der Waals surface area contributed by atoms with Crippen molar-refractivity contribution in [2.45, 2.75) is 10.2 Å². The predicted molar refractivity (Wildman–Crippen MR) is 71.1 cm³/mol. The van der Waals surface area contributed by atoms with E-state index in [9.17, 15) is 8.42 Å². The molecule has 1 heterocycles. The van der Waals surface area contributed by atoms with Gasteiger partial charge in [-0.3, -0.25) is 4.98 Å². The summed E-state index contributed by atoms with van der Waals surface area (Å²) < 4.78 is 29.2. The highest BCUT2D eigenvalue weighted by Crippen LogP contribution is 2.22. The Hall–Kier alpha value is -1.40. The third-order valence-electron chi connectivity index (χ3n) is 2.23. The van der Waals surface area contributed by atoms with Gasteiger partial charge in [0.15, 0.2) is 5.75 Å². The molecule has 0 fully saturated rings. The molecule has 0 N–H and O–H groups in total. The van der Waals surface area contributed by atoms with Crippen LogP contribution in [0, 0.1) is 0 Å². The average Bonchev–Trinajstić information content (AvgIpc) is 2.39. The van der Waals surface area contributed by atoms with Crippen molar-refractivity contribution in [1.29, 1.82) is 0 Å². The second-order valence-corrected chi connectivity index (χ2v) is 5.54. The van der Waals surface area contributed by atoms with E-state index in [1.807, 2.05) is 0 Å². The van der Waals surface area contributed by atoms with Crippen LogP contribution in [0.25, 0.3) is 0 Å². The summed E-state index contributed by atoms with van der Waals surface area (Å²) in [5, 5.41) is 0.443. The minimum absolute atomic E-state index is 0.158. The van der Waals surface area contributed by atoms with Crippen LogP contribution >= 0.6 is 15.9 Å². The number of alkyl halides is 1. The van der Waals surface area contributed by atoms with Gasteiger partial charge in [0, 0.05) is 11.5 Å². The van der Waals surface area contributed by atoms with Crippen LogP contribution in [0.2, 0.25) is 0 Å². The molecule has 0 aliphatic rings. The van der Waals surface area contributed by atoms with Gasteiger partial charge in [0.05, 0.1) is 6.20 Å². The number of halogens is 1. The van der Waals surface area contributed by atoms with Crippen LogP contribution in [0.3, 0.4) is 0 Å². The van der Waals surface area contributed by atoms with Gasteiger partial charge in [-0.1, -0.05) is 34.1 Å². The molecule has 6 heteroatoms. The van der Waals surface area contributed by atoms with Gasteiger partial charge in [-0.05, 0) is 23.8 Å². The molecule has 0 bridgehead atoms. The van der Waals surface area contributed by atoms with Gasteiger partial charge in [-0.25, -0.2) is 0 Å². The summed E-state index contributed by atoms with van der Waals surface area (Å²) in [5.41, 5.74) is 0.654. The molecule has 0 unspecified atom stereocenters. The summed E-state index contributed by atoms with van der Waals surface area (Å²) >= 11 is 3.25. The molecule has 94 valence electrons. The number of pyridine rings is 1. The van der Waals surface area contributed by atoms with Crippen LogP contribution in [0.4, 0.5) is 0 Å². The van der Waals surface area contributed by atoms with Gasteiger partial charge in [-0.15, -0.1) is 0 Å². The van der Waals surface area contributed by atoms with Crippen molar-refractivity contribution >= 4 is 26.0 Å². The number of benzene rings is 1. The highest BCUT2D eigenvalue weighted by atomic mass is 79.9. The maximum Gasteiger partial charge on any atom is 0.339 e. The first-order chi connectivity index (χ1) is 8.63. The van der Waals surface area contributed by atoms with Crippen molar-refractivity contribution < 1.29 is 12.6 Å². The van der Waals surface area contributed by atoms with E-state index in [4.69, 9.17) is 4.18 Å². The van der Waals surface area contributed by atoms with Crippen LogP contribution in [-0.2, 0) is 15.4 Å². The molecule has 1 aromatic heterocycles. The van der Waals surface area contributed by atoms with Gasteiger partial charge in [0.1, 0.15) is 4.90 Å². The molecule has 18 heavy (non-hydrogen) atoms.